The number of thiophene rings is 1. The molecule has 0 radical (unpaired) electrons. The number of carbonyl (C=O) groups excluding carboxylic acids is 2. The Balaban J connectivity index is 1.91. The Morgan fingerprint density at radius 3 is 2.55 bits per heavy atom. The van der Waals surface area contributed by atoms with Gasteiger partial charge in [-0.05, 0) is 66.6 Å². The monoisotopic (exact) mass is 465 g/mol. The number of nitrogens with zero attached hydrogens (tertiary/aromatic N) is 1. The number of benzene rings is 1. The van der Waals surface area contributed by atoms with Crippen LogP contribution in [0.5, 0.6) is 5.75 Å². The Hall–Kier alpha value is -3.32. The molecule has 1 atom stereocenters. The van der Waals surface area contributed by atoms with Crippen molar-refractivity contribution in [3.05, 3.63) is 80.4 Å². The van der Waals surface area contributed by atoms with Crippen LogP contribution in [0.15, 0.2) is 51.8 Å². The van der Waals surface area contributed by atoms with E-state index in [-0.39, 0.29) is 23.8 Å². The second-order valence-corrected chi connectivity index (χ2v) is 9.55. The SMILES string of the molecule is COc1cc(C)c(/C(O)=C2\C(=O)C(=O)N(Cc3cccs3)C2c2ccc(C)o2)cc1C(C)C. The number of hydrogen-bond acceptors (Lipinski definition) is 6. The molecule has 1 amide bonds. The van der Waals surface area contributed by atoms with Crippen molar-refractivity contribution in [3.8, 4) is 5.75 Å². The van der Waals surface area contributed by atoms with Gasteiger partial charge in [-0.3, -0.25) is 9.59 Å². The number of carbonyl (C=O) groups is 2. The predicted molar refractivity (Wildman–Crippen MR) is 127 cm³/mol. The summed E-state index contributed by atoms with van der Waals surface area (Å²) in [6, 6.07) is 10.2. The summed E-state index contributed by atoms with van der Waals surface area (Å²) >= 11 is 1.50. The van der Waals surface area contributed by atoms with Gasteiger partial charge in [0.25, 0.3) is 11.7 Å². The molecule has 2 aromatic heterocycles. The lowest BCUT2D eigenvalue weighted by atomic mass is 9.92. The summed E-state index contributed by atoms with van der Waals surface area (Å²) in [5.74, 6) is 0.383. The van der Waals surface area contributed by atoms with Crippen molar-refractivity contribution in [1.82, 2.24) is 4.90 Å². The van der Waals surface area contributed by atoms with Crippen LogP contribution in [-0.4, -0.2) is 28.8 Å². The second kappa shape index (κ2) is 8.90. The molecule has 0 aliphatic carbocycles. The van der Waals surface area contributed by atoms with Gasteiger partial charge in [-0.1, -0.05) is 19.9 Å². The van der Waals surface area contributed by atoms with E-state index < -0.39 is 17.7 Å². The molecule has 0 bridgehead atoms. The van der Waals surface area contributed by atoms with Crippen LogP contribution in [0.1, 0.15) is 58.9 Å². The quantitative estimate of drug-likeness (QED) is 0.286. The van der Waals surface area contributed by atoms with Gasteiger partial charge in [0.2, 0.25) is 0 Å². The van der Waals surface area contributed by atoms with Crippen LogP contribution in [0.25, 0.3) is 5.76 Å². The van der Waals surface area contributed by atoms with Crippen LogP contribution >= 0.6 is 11.3 Å². The molecule has 172 valence electrons. The molecule has 1 aliphatic heterocycles. The lowest BCUT2D eigenvalue weighted by molar-refractivity contribution is -0.140. The Morgan fingerprint density at radius 1 is 1.21 bits per heavy atom. The van der Waals surface area contributed by atoms with Crippen molar-refractivity contribution in [2.24, 2.45) is 0 Å². The van der Waals surface area contributed by atoms with E-state index in [0.29, 0.717) is 17.1 Å². The minimum absolute atomic E-state index is 0.0360. The van der Waals surface area contributed by atoms with Gasteiger partial charge < -0.3 is 19.2 Å². The maximum Gasteiger partial charge on any atom is 0.296 e. The highest BCUT2D eigenvalue weighted by molar-refractivity contribution is 7.09. The molecule has 4 rings (SSSR count). The third-order valence-corrected chi connectivity index (χ3v) is 6.79. The molecule has 3 aromatic rings. The molecule has 6 nitrogen and oxygen atoms in total. The largest absolute Gasteiger partial charge is 0.507 e. The zero-order chi connectivity index (χ0) is 23.9. The van der Waals surface area contributed by atoms with Gasteiger partial charge in [0.05, 0.1) is 19.2 Å². The van der Waals surface area contributed by atoms with Crippen LogP contribution in [0.4, 0.5) is 0 Å². The molecular formula is C26H27NO5S. The van der Waals surface area contributed by atoms with Gasteiger partial charge in [0.15, 0.2) is 0 Å². The Morgan fingerprint density at radius 2 is 1.97 bits per heavy atom. The summed E-state index contributed by atoms with van der Waals surface area (Å²) in [5.41, 5.74) is 2.19. The van der Waals surface area contributed by atoms with Gasteiger partial charge >= 0.3 is 0 Å². The highest BCUT2D eigenvalue weighted by atomic mass is 32.1. The average molecular weight is 466 g/mol. The fraction of sp³-hybridized carbons (Fsp3) is 0.308. The standard InChI is InChI=1S/C26H27NO5S/c1-14(2)18-12-19(15(3)11-21(18)31-5)24(28)22-23(20-9-8-16(4)32-20)27(26(30)25(22)29)13-17-7-6-10-33-17/h6-12,14,23,28H,13H2,1-5H3/b24-22+. The number of rotatable bonds is 6. The maximum atomic E-state index is 13.2. The van der Waals surface area contributed by atoms with E-state index in [1.54, 1.807) is 26.2 Å². The molecule has 33 heavy (non-hydrogen) atoms. The molecule has 3 heterocycles. The number of likely N-dealkylation sites (tertiary alicyclic amines) is 1. The van der Waals surface area contributed by atoms with Crippen LogP contribution in [0.2, 0.25) is 0 Å². The maximum absolute atomic E-state index is 13.2. The normalized spacial score (nSPS) is 17.9. The molecule has 0 spiro atoms. The topological polar surface area (TPSA) is 80.0 Å². The Kier molecular flexibility index (Phi) is 6.17. The number of aliphatic hydroxyl groups is 1. The molecule has 1 unspecified atom stereocenters. The zero-order valence-electron chi connectivity index (χ0n) is 19.3. The Labute approximate surface area is 197 Å². The molecule has 0 saturated carbocycles. The van der Waals surface area contributed by atoms with E-state index >= 15 is 0 Å². The first kappa shape index (κ1) is 22.9. The minimum Gasteiger partial charge on any atom is -0.507 e. The van der Waals surface area contributed by atoms with E-state index in [2.05, 4.69) is 0 Å². The number of hydrogen-bond donors (Lipinski definition) is 1. The van der Waals surface area contributed by atoms with Crippen LogP contribution < -0.4 is 4.74 Å². The summed E-state index contributed by atoms with van der Waals surface area (Å²) in [5, 5.41) is 13.4. The number of aryl methyl sites for hydroxylation is 2. The third kappa shape index (κ3) is 4.09. The molecule has 1 saturated heterocycles. The van der Waals surface area contributed by atoms with Crippen LogP contribution in [-0.2, 0) is 16.1 Å². The van der Waals surface area contributed by atoms with Crippen LogP contribution in [0.3, 0.4) is 0 Å². The smallest absolute Gasteiger partial charge is 0.296 e. The highest BCUT2D eigenvalue weighted by Gasteiger charge is 2.47. The third-order valence-electron chi connectivity index (χ3n) is 5.93. The van der Waals surface area contributed by atoms with Gasteiger partial charge in [-0.2, -0.15) is 0 Å². The molecule has 1 N–H and O–H groups in total. The summed E-state index contributed by atoms with van der Waals surface area (Å²) < 4.78 is 11.4. The number of Topliss-reactive ketones (excluding diaryl/α,β-unsaturated/α-hetero) is 1. The number of amides is 1. The first-order chi connectivity index (χ1) is 15.7. The number of ether oxygens (including phenoxy) is 1. The summed E-state index contributed by atoms with van der Waals surface area (Å²) in [6.07, 6.45) is 0. The van der Waals surface area contributed by atoms with Crippen molar-refractivity contribution in [2.45, 2.75) is 46.2 Å². The van der Waals surface area contributed by atoms with Crippen molar-refractivity contribution >= 4 is 28.8 Å². The first-order valence-electron chi connectivity index (χ1n) is 10.8. The summed E-state index contributed by atoms with van der Waals surface area (Å²) in [6.45, 7) is 7.96. The van der Waals surface area contributed by atoms with Gasteiger partial charge in [0, 0.05) is 10.4 Å². The zero-order valence-corrected chi connectivity index (χ0v) is 20.2. The van der Waals surface area contributed by atoms with E-state index in [9.17, 15) is 14.7 Å². The molecule has 7 heteroatoms. The van der Waals surface area contributed by atoms with Crippen molar-refractivity contribution < 1.29 is 23.8 Å². The molecule has 1 aliphatic rings. The van der Waals surface area contributed by atoms with Gasteiger partial charge in [-0.25, -0.2) is 0 Å². The predicted octanol–water partition coefficient (Wildman–Crippen LogP) is 5.71. The highest BCUT2D eigenvalue weighted by Crippen LogP contribution is 2.42. The lowest BCUT2D eigenvalue weighted by Gasteiger charge is -2.23. The van der Waals surface area contributed by atoms with E-state index in [1.165, 1.54) is 16.2 Å². The number of aliphatic hydroxyl groups excluding tert-OH is 1. The van der Waals surface area contributed by atoms with Gasteiger partial charge in [-0.15, -0.1) is 11.3 Å². The fourth-order valence-electron chi connectivity index (χ4n) is 4.24. The second-order valence-electron chi connectivity index (χ2n) is 8.52. The molecular weight excluding hydrogens is 438 g/mol. The minimum atomic E-state index is -0.815. The number of furan rings is 1. The Bertz CT molecular complexity index is 1240. The van der Waals surface area contributed by atoms with E-state index in [1.807, 2.05) is 50.4 Å². The molecule has 1 fully saturated rings. The van der Waals surface area contributed by atoms with Crippen LogP contribution in [0, 0.1) is 13.8 Å². The van der Waals surface area contributed by atoms with Crippen molar-refractivity contribution in [1.29, 1.82) is 0 Å². The van der Waals surface area contributed by atoms with Crippen molar-refractivity contribution in [3.63, 3.8) is 0 Å². The average Bonchev–Trinajstić information content (AvgIpc) is 3.50. The van der Waals surface area contributed by atoms with E-state index in [0.717, 1.165) is 21.8 Å². The lowest BCUT2D eigenvalue weighted by Crippen LogP contribution is -2.28. The molecule has 1 aromatic carbocycles. The van der Waals surface area contributed by atoms with Gasteiger partial charge in [0.1, 0.15) is 29.1 Å². The summed E-state index contributed by atoms with van der Waals surface area (Å²) in [7, 11) is 1.61. The number of ketones is 1. The summed E-state index contributed by atoms with van der Waals surface area (Å²) in [4.78, 5) is 28.7. The first-order valence-corrected chi connectivity index (χ1v) is 11.7. The van der Waals surface area contributed by atoms with Crippen molar-refractivity contribution in [2.75, 3.05) is 7.11 Å². The van der Waals surface area contributed by atoms with E-state index in [4.69, 9.17) is 9.15 Å². The number of methoxy groups -OCH3 is 1. The fourth-order valence-corrected chi connectivity index (χ4v) is 4.94.